The number of fused-ring (bicyclic) bond motifs is 3. The molecule has 4 heterocycles. The Balaban J connectivity index is 1.36. The summed E-state index contributed by atoms with van der Waals surface area (Å²) in [6.07, 6.45) is 4.07. The molecule has 2 aromatic rings. The van der Waals surface area contributed by atoms with E-state index in [0.29, 0.717) is 43.5 Å². The molecule has 0 spiro atoms. The second-order valence-corrected chi connectivity index (χ2v) is 10.5. The summed E-state index contributed by atoms with van der Waals surface area (Å²) in [6, 6.07) is 4.28. The van der Waals surface area contributed by atoms with Crippen molar-refractivity contribution in [3.63, 3.8) is 0 Å². The number of primary amides is 1. The van der Waals surface area contributed by atoms with Gasteiger partial charge in [0.05, 0.1) is 12.1 Å². The third-order valence-electron chi connectivity index (χ3n) is 7.52. The summed E-state index contributed by atoms with van der Waals surface area (Å²) in [5, 5.41) is 0. The van der Waals surface area contributed by atoms with Gasteiger partial charge in [0.2, 0.25) is 5.91 Å². The van der Waals surface area contributed by atoms with Gasteiger partial charge in [-0.05, 0) is 37.3 Å². The summed E-state index contributed by atoms with van der Waals surface area (Å²) in [7, 11) is 0. The van der Waals surface area contributed by atoms with Gasteiger partial charge in [-0.15, -0.1) is 0 Å². The normalized spacial score (nSPS) is 25.8. The van der Waals surface area contributed by atoms with Gasteiger partial charge in [0.15, 0.2) is 5.82 Å². The van der Waals surface area contributed by atoms with Gasteiger partial charge in [-0.1, -0.05) is 13.8 Å². The maximum atomic E-state index is 13.3. The Morgan fingerprint density at radius 2 is 1.97 bits per heavy atom. The minimum absolute atomic E-state index is 0.00664. The average molecular weight is 494 g/mol. The molecule has 2 saturated heterocycles. The first-order valence-corrected chi connectivity index (χ1v) is 12.6. The topological polar surface area (TPSA) is 140 Å². The maximum absolute atomic E-state index is 13.3. The summed E-state index contributed by atoms with van der Waals surface area (Å²) in [4.78, 5) is 48.2. The Labute approximate surface area is 209 Å². The fourth-order valence-corrected chi connectivity index (χ4v) is 5.65. The van der Waals surface area contributed by atoms with Crippen LogP contribution in [0.15, 0.2) is 24.4 Å². The lowest BCUT2D eigenvalue weighted by atomic mass is 10.0. The number of hydrogen-bond acceptors (Lipinski definition) is 7. The van der Waals surface area contributed by atoms with Gasteiger partial charge in [-0.3, -0.25) is 19.4 Å². The predicted octanol–water partition coefficient (Wildman–Crippen LogP) is 1.29. The van der Waals surface area contributed by atoms with Crippen LogP contribution < -0.4 is 26.0 Å². The lowest BCUT2D eigenvalue weighted by Gasteiger charge is -2.25. The molecule has 1 unspecified atom stereocenters. The largest absolute Gasteiger partial charge is 0.491 e. The van der Waals surface area contributed by atoms with E-state index >= 15 is 0 Å². The van der Waals surface area contributed by atoms with E-state index < -0.39 is 18.0 Å². The van der Waals surface area contributed by atoms with E-state index in [4.69, 9.17) is 21.2 Å². The number of hydrogen-bond donors (Lipinski definition) is 2. The fourth-order valence-electron chi connectivity index (χ4n) is 5.65. The number of benzene rings is 1. The molecule has 6 rings (SSSR count). The van der Waals surface area contributed by atoms with E-state index in [9.17, 15) is 14.4 Å². The zero-order valence-corrected chi connectivity index (χ0v) is 20.5. The van der Waals surface area contributed by atoms with Crippen LogP contribution in [-0.2, 0) is 16.1 Å². The van der Waals surface area contributed by atoms with Crippen LogP contribution in [0.5, 0.6) is 5.75 Å². The first kappa shape index (κ1) is 22.8. The second-order valence-electron chi connectivity index (χ2n) is 10.5. The van der Waals surface area contributed by atoms with Gasteiger partial charge in [-0.25, -0.2) is 9.78 Å². The smallest absolute Gasteiger partial charge is 0.333 e. The minimum atomic E-state index is -0.569. The van der Waals surface area contributed by atoms with Crippen molar-refractivity contribution in [1.82, 2.24) is 14.5 Å². The quantitative estimate of drug-likeness (QED) is 0.598. The van der Waals surface area contributed by atoms with Gasteiger partial charge < -0.3 is 25.7 Å². The highest BCUT2D eigenvalue weighted by molar-refractivity contribution is 6.14. The van der Waals surface area contributed by atoms with Crippen molar-refractivity contribution in [2.75, 3.05) is 23.0 Å². The lowest BCUT2D eigenvalue weighted by Crippen LogP contribution is -2.40. The van der Waals surface area contributed by atoms with Crippen LogP contribution in [0.25, 0.3) is 11.4 Å². The zero-order valence-electron chi connectivity index (χ0n) is 20.5. The summed E-state index contributed by atoms with van der Waals surface area (Å²) in [6.45, 7) is 5.39. The first-order chi connectivity index (χ1) is 17.2. The third kappa shape index (κ3) is 3.52. The van der Waals surface area contributed by atoms with Crippen molar-refractivity contribution < 1.29 is 19.1 Å². The molecule has 1 saturated carbocycles. The van der Waals surface area contributed by atoms with E-state index in [1.54, 1.807) is 4.90 Å². The molecule has 1 aromatic carbocycles. The Morgan fingerprint density at radius 3 is 2.67 bits per heavy atom. The van der Waals surface area contributed by atoms with Gasteiger partial charge in [0, 0.05) is 36.6 Å². The molecule has 4 N–H and O–H groups in total. The van der Waals surface area contributed by atoms with Crippen molar-refractivity contribution in [1.29, 1.82) is 0 Å². The van der Waals surface area contributed by atoms with Crippen LogP contribution in [0.2, 0.25) is 0 Å². The number of aromatic nitrogens is 2. The standard InChI is InChI=1S/C25H31N7O4/c1-13(2)21-24(34)31(15-3-4-15)25(35)32(21)20-12-29-7-8-36-19-10-16(5-6-17(19)23(29)28-20)30-11-14(26)9-18(30)22(27)33/h5-6,10,12-15,18,21H,3-4,7-9,11,26H2,1-2H3,(H2,27,33)/t14-,18-,21?/m0/s1. The summed E-state index contributed by atoms with van der Waals surface area (Å²) < 4.78 is 8.02. The van der Waals surface area contributed by atoms with E-state index in [0.717, 1.165) is 24.1 Å². The van der Waals surface area contributed by atoms with Gasteiger partial charge in [0.25, 0.3) is 5.91 Å². The number of nitrogens with two attached hydrogens (primary N) is 2. The number of imide groups is 1. The predicted molar refractivity (Wildman–Crippen MR) is 132 cm³/mol. The number of ether oxygens (including phenoxy) is 1. The van der Waals surface area contributed by atoms with Crippen LogP contribution in [-0.4, -0.2) is 69.6 Å². The highest BCUT2D eigenvalue weighted by Gasteiger charge is 2.53. The summed E-state index contributed by atoms with van der Waals surface area (Å²) in [5.74, 6) is 1.19. The Kier molecular flexibility index (Phi) is 5.22. The molecule has 3 aliphatic heterocycles. The number of carbonyl (C=O) groups is 3. The number of amides is 4. The average Bonchev–Trinajstić information content (AvgIpc) is 3.40. The van der Waals surface area contributed by atoms with Crippen LogP contribution >= 0.6 is 0 Å². The molecule has 1 aromatic heterocycles. The monoisotopic (exact) mass is 493 g/mol. The fraction of sp³-hybridized carbons (Fsp3) is 0.520. The number of rotatable bonds is 5. The molecule has 190 valence electrons. The van der Waals surface area contributed by atoms with Crippen LogP contribution in [0.4, 0.5) is 16.3 Å². The molecule has 11 nitrogen and oxygen atoms in total. The minimum Gasteiger partial charge on any atom is -0.491 e. The molecule has 0 radical (unpaired) electrons. The van der Waals surface area contributed by atoms with Crippen molar-refractivity contribution in [3.05, 3.63) is 24.4 Å². The Hall–Kier alpha value is -3.60. The van der Waals surface area contributed by atoms with Crippen molar-refractivity contribution >= 4 is 29.4 Å². The van der Waals surface area contributed by atoms with Gasteiger partial charge in [-0.2, -0.15) is 0 Å². The third-order valence-corrected chi connectivity index (χ3v) is 7.52. The van der Waals surface area contributed by atoms with Crippen molar-refractivity contribution in [2.24, 2.45) is 17.4 Å². The summed E-state index contributed by atoms with van der Waals surface area (Å²) >= 11 is 0. The van der Waals surface area contributed by atoms with Crippen molar-refractivity contribution in [2.45, 2.75) is 63.8 Å². The lowest BCUT2D eigenvalue weighted by molar-refractivity contribution is -0.128. The first-order valence-electron chi connectivity index (χ1n) is 12.6. The molecule has 4 aliphatic rings. The molecule has 4 amide bonds. The van der Waals surface area contributed by atoms with E-state index in [1.807, 2.05) is 47.7 Å². The molecular formula is C25H31N7O4. The maximum Gasteiger partial charge on any atom is 0.333 e. The Bertz CT molecular complexity index is 1250. The highest BCUT2D eigenvalue weighted by atomic mass is 16.5. The number of nitrogens with zero attached hydrogens (tertiary/aromatic N) is 5. The van der Waals surface area contributed by atoms with Crippen molar-refractivity contribution in [3.8, 4) is 17.1 Å². The van der Waals surface area contributed by atoms with E-state index in [-0.39, 0.29) is 29.9 Å². The van der Waals surface area contributed by atoms with Gasteiger partial charge in [0.1, 0.15) is 30.3 Å². The zero-order chi connectivity index (χ0) is 25.3. The Morgan fingerprint density at radius 1 is 1.19 bits per heavy atom. The second kappa shape index (κ2) is 8.22. The molecule has 1 aliphatic carbocycles. The highest BCUT2D eigenvalue weighted by Crippen LogP contribution is 2.40. The SMILES string of the molecule is CC(C)C1C(=O)N(C2CC2)C(=O)N1c1cn2c(n1)-c1ccc(N3C[C@@H](N)C[C@H]3C(N)=O)cc1OCC2. The summed E-state index contributed by atoms with van der Waals surface area (Å²) in [5.41, 5.74) is 13.3. The number of carbonyl (C=O) groups excluding carboxylic acids is 3. The molecule has 3 atom stereocenters. The molecule has 36 heavy (non-hydrogen) atoms. The number of anilines is 2. The molecular weight excluding hydrogens is 462 g/mol. The van der Waals surface area contributed by atoms with Gasteiger partial charge >= 0.3 is 6.03 Å². The van der Waals surface area contributed by atoms with Crippen LogP contribution in [0.1, 0.15) is 33.1 Å². The van der Waals surface area contributed by atoms with E-state index in [2.05, 4.69) is 0 Å². The van der Waals surface area contributed by atoms with Crippen LogP contribution in [0, 0.1) is 5.92 Å². The number of urea groups is 1. The van der Waals surface area contributed by atoms with Crippen LogP contribution in [0.3, 0.4) is 0 Å². The van der Waals surface area contributed by atoms with E-state index in [1.165, 1.54) is 4.90 Å². The molecule has 3 fully saturated rings. The molecule has 0 bridgehead atoms. The molecule has 11 heteroatoms. The number of imidazole rings is 1.